The predicted octanol–water partition coefficient (Wildman–Crippen LogP) is 4.03. The van der Waals surface area contributed by atoms with Crippen molar-refractivity contribution < 1.29 is 9.13 Å². The topological polar surface area (TPSA) is 34.2 Å². The van der Waals surface area contributed by atoms with Gasteiger partial charge >= 0.3 is 0 Å². The second-order valence-corrected chi connectivity index (χ2v) is 4.99. The Kier molecular flexibility index (Phi) is 5.28. The van der Waals surface area contributed by atoms with Gasteiger partial charge in [-0.05, 0) is 31.5 Å². The van der Waals surface area contributed by atoms with Crippen LogP contribution in [0.25, 0.3) is 0 Å². The molecule has 0 aliphatic heterocycles. The van der Waals surface area contributed by atoms with Crippen LogP contribution in [0, 0.1) is 5.82 Å². The van der Waals surface area contributed by atoms with E-state index in [1.54, 1.807) is 13.2 Å². The first kappa shape index (κ1) is 15.4. The molecule has 2 rings (SSSR count). The van der Waals surface area contributed by atoms with Gasteiger partial charge in [0.2, 0.25) is 0 Å². The Morgan fingerprint density at radius 3 is 2.62 bits per heavy atom. The van der Waals surface area contributed by atoms with E-state index < -0.39 is 0 Å². The van der Waals surface area contributed by atoms with Gasteiger partial charge in [-0.15, -0.1) is 0 Å². The number of pyridine rings is 1. The Balaban J connectivity index is 2.16. The van der Waals surface area contributed by atoms with Crippen LogP contribution in [0.5, 0.6) is 5.75 Å². The molecule has 1 aromatic carbocycles. The minimum absolute atomic E-state index is 0.0282. The number of benzene rings is 1. The van der Waals surface area contributed by atoms with E-state index in [2.05, 4.69) is 23.3 Å². The van der Waals surface area contributed by atoms with Crippen LogP contribution in [0.4, 0.5) is 4.39 Å². The van der Waals surface area contributed by atoms with Crippen LogP contribution in [-0.4, -0.2) is 12.1 Å². The van der Waals surface area contributed by atoms with Crippen molar-refractivity contribution in [3.63, 3.8) is 0 Å². The summed E-state index contributed by atoms with van der Waals surface area (Å²) in [5.74, 6) is 0.554. The molecular weight excluding hydrogens is 267 g/mol. The molecule has 112 valence electrons. The molecule has 0 amide bonds. The highest BCUT2D eigenvalue weighted by Crippen LogP contribution is 2.28. The summed E-state index contributed by atoms with van der Waals surface area (Å²) in [6.45, 7) is 4.15. The molecule has 2 atom stereocenters. The molecule has 0 saturated carbocycles. The molecule has 1 N–H and O–H groups in total. The number of ether oxygens (including phenoxy) is 1. The van der Waals surface area contributed by atoms with Gasteiger partial charge < -0.3 is 10.1 Å². The molecule has 1 heterocycles. The highest BCUT2D eigenvalue weighted by molar-refractivity contribution is 5.36. The normalized spacial score (nSPS) is 13.7. The lowest BCUT2D eigenvalue weighted by Crippen LogP contribution is -2.25. The lowest BCUT2D eigenvalue weighted by Gasteiger charge is -2.24. The number of para-hydroxylation sites is 1. The fraction of sp³-hybridized carbons (Fsp3) is 0.353. The summed E-state index contributed by atoms with van der Waals surface area (Å²) < 4.78 is 18.4. The number of hydrogen-bond donors (Lipinski definition) is 1. The number of nitrogens with one attached hydrogen (secondary N) is 1. The molecule has 0 aliphatic carbocycles. The summed E-state index contributed by atoms with van der Waals surface area (Å²) in [5, 5.41) is 3.53. The number of halogens is 1. The molecule has 0 bridgehead atoms. The minimum atomic E-state index is -0.317. The summed E-state index contributed by atoms with van der Waals surface area (Å²) in [6.07, 6.45) is 2.17. The van der Waals surface area contributed by atoms with E-state index in [0.717, 1.165) is 23.4 Å². The zero-order chi connectivity index (χ0) is 15.2. The number of methoxy groups -OCH3 is 1. The monoisotopic (exact) mass is 288 g/mol. The van der Waals surface area contributed by atoms with Crippen molar-refractivity contribution in [1.29, 1.82) is 0 Å². The van der Waals surface area contributed by atoms with Crippen LogP contribution in [0.1, 0.15) is 43.6 Å². The average molecular weight is 288 g/mol. The van der Waals surface area contributed by atoms with Gasteiger partial charge in [-0.25, -0.2) is 4.39 Å². The van der Waals surface area contributed by atoms with Gasteiger partial charge in [0.25, 0.3) is 0 Å². The number of rotatable bonds is 6. The summed E-state index contributed by atoms with van der Waals surface area (Å²) in [5.41, 5.74) is 1.95. The highest BCUT2D eigenvalue weighted by Gasteiger charge is 2.17. The maximum absolute atomic E-state index is 12.9. The predicted molar refractivity (Wildman–Crippen MR) is 81.8 cm³/mol. The molecule has 0 aliphatic rings. The van der Waals surface area contributed by atoms with Gasteiger partial charge in [-0.1, -0.05) is 25.1 Å². The second-order valence-electron chi connectivity index (χ2n) is 4.99. The third-order valence-electron chi connectivity index (χ3n) is 3.57. The molecular formula is C17H21FN2O. The zero-order valence-corrected chi connectivity index (χ0v) is 12.6. The molecule has 4 heteroatoms. The Labute approximate surface area is 125 Å². The van der Waals surface area contributed by atoms with Crippen LogP contribution < -0.4 is 10.1 Å². The van der Waals surface area contributed by atoms with E-state index in [0.29, 0.717) is 0 Å². The van der Waals surface area contributed by atoms with Gasteiger partial charge in [0.15, 0.2) is 0 Å². The van der Waals surface area contributed by atoms with Crippen molar-refractivity contribution in [3.05, 3.63) is 59.7 Å². The first-order valence-electron chi connectivity index (χ1n) is 7.16. The average Bonchev–Trinajstić information content (AvgIpc) is 2.53. The van der Waals surface area contributed by atoms with Gasteiger partial charge in [0.05, 0.1) is 19.0 Å². The maximum atomic E-state index is 12.9. The summed E-state index contributed by atoms with van der Waals surface area (Å²) in [4.78, 5) is 4.13. The maximum Gasteiger partial charge on any atom is 0.141 e. The Bertz CT molecular complexity index is 571. The van der Waals surface area contributed by atoms with Crippen LogP contribution in [0.3, 0.4) is 0 Å². The lowest BCUT2D eigenvalue weighted by molar-refractivity contribution is 0.387. The lowest BCUT2D eigenvalue weighted by atomic mass is 10.0. The van der Waals surface area contributed by atoms with E-state index in [1.807, 2.05) is 25.1 Å². The van der Waals surface area contributed by atoms with Crippen LogP contribution in [0.2, 0.25) is 0 Å². The fourth-order valence-electron chi connectivity index (χ4n) is 2.41. The van der Waals surface area contributed by atoms with E-state index >= 15 is 0 Å². The van der Waals surface area contributed by atoms with E-state index in [1.165, 1.54) is 12.3 Å². The summed E-state index contributed by atoms with van der Waals surface area (Å²) >= 11 is 0. The molecule has 0 spiro atoms. The summed E-state index contributed by atoms with van der Waals surface area (Å²) in [7, 11) is 1.68. The van der Waals surface area contributed by atoms with Crippen molar-refractivity contribution in [2.45, 2.75) is 32.4 Å². The minimum Gasteiger partial charge on any atom is -0.496 e. The van der Waals surface area contributed by atoms with Crippen molar-refractivity contribution in [2.75, 3.05) is 7.11 Å². The van der Waals surface area contributed by atoms with Gasteiger partial charge in [0.1, 0.15) is 11.6 Å². The van der Waals surface area contributed by atoms with Crippen LogP contribution in [-0.2, 0) is 0 Å². The van der Waals surface area contributed by atoms with Crippen molar-refractivity contribution in [2.24, 2.45) is 0 Å². The smallest absolute Gasteiger partial charge is 0.141 e. The van der Waals surface area contributed by atoms with Crippen molar-refractivity contribution in [1.82, 2.24) is 10.3 Å². The van der Waals surface area contributed by atoms with E-state index in [9.17, 15) is 4.39 Å². The first-order chi connectivity index (χ1) is 10.2. The third-order valence-corrected chi connectivity index (χ3v) is 3.57. The second kappa shape index (κ2) is 7.18. The Morgan fingerprint density at radius 2 is 2.00 bits per heavy atom. The summed E-state index contributed by atoms with van der Waals surface area (Å²) in [6, 6.07) is 11.3. The molecule has 2 aromatic rings. The largest absolute Gasteiger partial charge is 0.496 e. The zero-order valence-electron chi connectivity index (χ0n) is 12.6. The van der Waals surface area contributed by atoms with Crippen molar-refractivity contribution >= 4 is 0 Å². The number of nitrogens with zero attached hydrogens (tertiary/aromatic N) is 1. The quantitative estimate of drug-likeness (QED) is 0.871. The Hall–Kier alpha value is -1.94. The van der Waals surface area contributed by atoms with E-state index in [4.69, 9.17) is 4.74 Å². The van der Waals surface area contributed by atoms with Gasteiger partial charge in [-0.3, -0.25) is 4.98 Å². The first-order valence-corrected chi connectivity index (χ1v) is 7.16. The highest BCUT2D eigenvalue weighted by atomic mass is 19.1. The fourth-order valence-corrected chi connectivity index (χ4v) is 2.41. The third kappa shape index (κ3) is 3.79. The van der Waals surface area contributed by atoms with Gasteiger partial charge in [-0.2, -0.15) is 0 Å². The van der Waals surface area contributed by atoms with Crippen molar-refractivity contribution in [3.8, 4) is 5.75 Å². The molecule has 0 fully saturated rings. The SMILES string of the molecule is CCC(NC(C)c1ccc(F)cn1)c1ccccc1OC. The molecule has 0 radical (unpaired) electrons. The Morgan fingerprint density at radius 1 is 1.24 bits per heavy atom. The van der Waals surface area contributed by atoms with Crippen LogP contribution in [0.15, 0.2) is 42.6 Å². The molecule has 1 aromatic heterocycles. The van der Waals surface area contributed by atoms with Crippen LogP contribution >= 0.6 is 0 Å². The molecule has 3 nitrogen and oxygen atoms in total. The number of aromatic nitrogens is 1. The number of hydrogen-bond acceptors (Lipinski definition) is 3. The molecule has 0 saturated heterocycles. The molecule has 21 heavy (non-hydrogen) atoms. The van der Waals surface area contributed by atoms with E-state index in [-0.39, 0.29) is 17.9 Å². The standard InChI is InChI=1S/C17H21FN2O/c1-4-15(14-7-5-6-8-17(14)21-3)20-12(2)16-10-9-13(18)11-19-16/h5-12,15,20H,4H2,1-3H3. The molecule has 2 unspecified atom stereocenters. The van der Waals surface area contributed by atoms with Gasteiger partial charge in [0, 0.05) is 17.6 Å².